The summed E-state index contributed by atoms with van der Waals surface area (Å²) >= 11 is 7.90. The molecule has 0 atom stereocenters. The summed E-state index contributed by atoms with van der Waals surface area (Å²) in [6, 6.07) is 11.4. The molecule has 0 aliphatic carbocycles. The number of benzene rings is 1. The monoisotopic (exact) mass is 444 g/mol. The Hall–Kier alpha value is -2.41. The number of halogens is 1. The molecule has 0 fully saturated rings. The van der Waals surface area contributed by atoms with Crippen LogP contribution in [0.1, 0.15) is 47.4 Å². The van der Waals surface area contributed by atoms with Gasteiger partial charge in [0.05, 0.1) is 24.5 Å². The zero-order valence-corrected chi connectivity index (χ0v) is 18.4. The molecular formula is C23H25ClN2O3S. The molecule has 0 bridgehead atoms. The van der Waals surface area contributed by atoms with Crippen molar-refractivity contribution in [2.75, 3.05) is 0 Å². The Labute approximate surface area is 185 Å². The number of nitrogens with zero attached hydrogens (tertiary/aromatic N) is 2. The normalized spacial score (nSPS) is 11.8. The number of carboxylic acid groups (broad SMARTS) is 1. The third kappa shape index (κ3) is 5.39. The number of carbonyl (C=O) groups is 1. The highest BCUT2D eigenvalue weighted by Crippen LogP contribution is 2.24. The maximum atomic E-state index is 12.0. The lowest BCUT2D eigenvalue weighted by Gasteiger charge is -2.13. The fourth-order valence-corrected chi connectivity index (χ4v) is 4.22. The fourth-order valence-electron chi connectivity index (χ4n) is 3.30. The van der Waals surface area contributed by atoms with Gasteiger partial charge in [0, 0.05) is 28.3 Å². The lowest BCUT2D eigenvalue weighted by atomic mass is 10.1. The van der Waals surface area contributed by atoms with Gasteiger partial charge in [-0.05, 0) is 35.6 Å². The number of hydrogen-bond donors (Lipinski definition) is 2. The van der Waals surface area contributed by atoms with Gasteiger partial charge < -0.3 is 14.8 Å². The molecule has 0 saturated heterocycles. The van der Waals surface area contributed by atoms with Crippen LogP contribution < -0.4 is 0 Å². The van der Waals surface area contributed by atoms with Crippen LogP contribution in [-0.4, -0.2) is 25.7 Å². The van der Waals surface area contributed by atoms with Gasteiger partial charge in [-0.3, -0.25) is 0 Å². The number of rotatable bonds is 10. The smallest absolute Gasteiger partial charge is 0.332 e. The molecule has 1 aromatic carbocycles. The molecular weight excluding hydrogens is 420 g/mol. The molecule has 0 spiro atoms. The molecule has 3 aromatic rings. The van der Waals surface area contributed by atoms with Crippen molar-refractivity contribution >= 4 is 35.0 Å². The van der Waals surface area contributed by atoms with Crippen molar-refractivity contribution in [2.45, 2.75) is 45.8 Å². The maximum absolute atomic E-state index is 12.0. The number of imidazole rings is 1. The lowest BCUT2D eigenvalue weighted by Crippen LogP contribution is -2.10. The zero-order valence-electron chi connectivity index (χ0n) is 16.8. The van der Waals surface area contributed by atoms with Gasteiger partial charge in [0.2, 0.25) is 0 Å². The van der Waals surface area contributed by atoms with Crippen molar-refractivity contribution in [3.63, 3.8) is 0 Å². The lowest BCUT2D eigenvalue weighted by molar-refractivity contribution is -0.132. The molecule has 2 heterocycles. The van der Waals surface area contributed by atoms with E-state index < -0.39 is 5.97 Å². The number of aromatic nitrogens is 2. The second kappa shape index (κ2) is 10.6. The highest BCUT2D eigenvalue weighted by Gasteiger charge is 2.19. The van der Waals surface area contributed by atoms with E-state index in [1.54, 1.807) is 6.08 Å². The summed E-state index contributed by atoms with van der Waals surface area (Å²) in [5.74, 6) is -0.152. The molecule has 2 aromatic heterocycles. The van der Waals surface area contributed by atoms with Crippen molar-refractivity contribution in [3.8, 4) is 0 Å². The van der Waals surface area contributed by atoms with E-state index in [0.29, 0.717) is 29.4 Å². The SMILES string of the molecule is CCCCc1nc(CO)c(/C=C(\Cc2cccs2)C(=O)O)n1Cc1ccccc1Cl. The predicted octanol–water partition coefficient (Wildman–Crippen LogP) is 5.19. The summed E-state index contributed by atoms with van der Waals surface area (Å²) in [4.78, 5) is 17.6. The third-order valence-corrected chi connectivity index (χ3v) is 6.13. The van der Waals surface area contributed by atoms with Crippen LogP contribution in [0.4, 0.5) is 0 Å². The molecule has 0 aliphatic rings. The van der Waals surface area contributed by atoms with Gasteiger partial charge in [0.1, 0.15) is 5.82 Å². The summed E-state index contributed by atoms with van der Waals surface area (Å²) in [6.45, 7) is 2.31. The number of hydrogen-bond acceptors (Lipinski definition) is 4. The minimum Gasteiger partial charge on any atom is -0.478 e. The summed E-state index contributed by atoms with van der Waals surface area (Å²) < 4.78 is 1.99. The van der Waals surface area contributed by atoms with Crippen LogP contribution in [0.3, 0.4) is 0 Å². The van der Waals surface area contributed by atoms with Crippen molar-refractivity contribution in [1.82, 2.24) is 9.55 Å². The van der Waals surface area contributed by atoms with E-state index in [9.17, 15) is 15.0 Å². The second-order valence-electron chi connectivity index (χ2n) is 7.03. The quantitative estimate of drug-likeness (QED) is 0.422. The fraction of sp³-hybridized carbons (Fsp3) is 0.304. The molecule has 3 rings (SSSR count). The van der Waals surface area contributed by atoms with Crippen LogP contribution >= 0.6 is 22.9 Å². The van der Waals surface area contributed by atoms with E-state index >= 15 is 0 Å². The number of aliphatic hydroxyl groups is 1. The van der Waals surface area contributed by atoms with Gasteiger partial charge >= 0.3 is 5.97 Å². The molecule has 158 valence electrons. The maximum Gasteiger partial charge on any atom is 0.332 e. The number of carboxylic acids is 1. The Morgan fingerprint density at radius 3 is 2.70 bits per heavy atom. The average molecular weight is 445 g/mol. The minimum atomic E-state index is -0.979. The minimum absolute atomic E-state index is 0.258. The Morgan fingerprint density at radius 2 is 2.07 bits per heavy atom. The van der Waals surface area contributed by atoms with E-state index in [1.807, 2.05) is 46.3 Å². The molecule has 2 N–H and O–H groups in total. The largest absolute Gasteiger partial charge is 0.478 e. The Balaban J connectivity index is 2.09. The Morgan fingerprint density at radius 1 is 1.27 bits per heavy atom. The first kappa shape index (κ1) is 22.3. The van der Waals surface area contributed by atoms with Crippen molar-refractivity contribution in [3.05, 3.63) is 80.0 Å². The summed E-state index contributed by atoms with van der Waals surface area (Å²) in [7, 11) is 0. The van der Waals surface area contributed by atoms with Gasteiger partial charge in [-0.15, -0.1) is 11.3 Å². The number of aliphatic carboxylic acids is 1. The predicted molar refractivity (Wildman–Crippen MR) is 121 cm³/mol. The summed E-state index contributed by atoms with van der Waals surface area (Å²) in [5, 5.41) is 22.3. The Bertz CT molecular complexity index is 1030. The van der Waals surface area contributed by atoms with Gasteiger partial charge in [-0.1, -0.05) is 49.2 Å². The highest BCUT2D eigenvalue weighted by atomic mass is 35.5. The van der Waals surface area contributed by atoms with Gasteiger partial charge in [0.15, 0.2) is 0 Å². The van der Waals surface area contributed by atoms with E-state index in [-0.39, 0.29) is 12.2 Å². The molecule has 0 unspecified atom stereocenters. The Kier molecular flexibility index (Phi) is 7.85. The highest BCUT2D eigenvalue weighted by molar-refractivity contribution is 7.09. The molecule has 0 aliphatic heterocycles. The van der Waals surface area contributed by atoms with Gasteiger partial charge in [-0.25, -0.2) is 9.78 Å². The zero-order chi connectivity index (χ0) is 21.5. The first-order valence-corrected chi connectivity index (χ1v) is 11.2. The summed E-state index contributed by atoms with van der Waals surface area (Å²) in [5.41, 5.74) is 2.29. The van der Waals surface area contributed by atoms with Crippen LogP contribution in [0, 0.1) is 0 Å². The summed E-state index contributed by atoms with van der Waals surface area (Å²) in [6.07, 6.45) is 4.67. The van der Waals surface area contributed by atoms with Crippen LogP contribution in [0.5, 0.6) is 0 Å². The molecule has 5 nitrogen and oxygen atoms in total. The van der Waals surface area contributed by atoms with E-state index in [1.165, 1.54) is 11.3 Å². The van der Waals surface area contributed by atoms with Gasteiger partial charge in [0.25, 0.3) is 0 Å². The van der Waals surface area contributed by atoms with Crippen LogP contribution in [0.25, 0.3) is 6.08 Å². The van der Waals surface area contributed by atoms with E-state index in [4.69, 9.17) is 11.6 Å². The molecule has 7 heteroatoms. The third-order valence-electron chi connectivity index (χ3n) is 4.88. The number of aliphatic hydroxyl groups excluding tert-OH is 1. The molecule has 30 heavy (non-hydrogen) atoms. The number of thiophene rings is 1. The first-order valence-electron chi connectivity index (χ1n) is 9.92. The molecule has 0 saturated carbocycles. The van der Waals surface area contributed by atoms with Crippen LogP contribution in [0.2, 0.25) is 5.02 Å². The standard InChI is InChI=1S/C23H25ClN2O3S/c1-2-3-10-22-25-20(15-27)21(26(22)14-16-7-4-5-9-19(16)24)13-17(23(28)29)12-18-8-6-11-30-18/h4-9,11,13,27H,2-3,10,12,14-15H2,1H3,(H,28,29)/b17-13+. The number of unbranched alkanes of at least 4 members (excludes halogenated alkanes) is 1. The van der Waals surface area contributed by atoms with E-state index in [2.05, 4.69) is 11.9 Å². The van der Waals surface area contributed by atoms with Crippen LogP contribution in [0.15, 0.2) is 47.4 Å². The first-order chi connectivity index (χ1) is 14.5. The molecule has 0 radical (unpaired) electrons. The van der Waals surface area contributed by atoms with Gasteiger partial charge in [-0.2, -0.15) is 0 Å². The molecule has 0 amide bonds. The number of aryl methyl sites for hydroxylation is 1. The van der Waals surface area contributed by atoms with Crippen molar-refractivity contribution < 1.29 is 15.0 Å². The average Bonchev–Trinajstić information content (AvgIpc) is 3.36. The van der Waals surface area contributed by atoms with E-state index in [0.717, 1.165) is 35.5 Å². The van der Waals surface area contributed by atoms with Crippen molar-refractivity contribution in [2.24, 2.45) is 0 Å². The topological polar surface area (TPSA) is 75.3 Å². The van der Waals surface area contributed by atoms with Crippen molar-refractivity contribution in [1.29, 1.82) is 0 Å². The second-order valence-corrected chi connectivity index (χ2v) is 8.47. The van der Waals surface area contributed by atoms with Crippen LogP contribution in [-0.2, 0) is 30.8 Å².